The van der Waals surface area contributed by atoms with Gasteiger partial charge in [0.05, 0.1) is 6.10 Å². The van der Waals surface area contributed by atoms with Gasteiger partial charge in [0, 0.05) is 13.3 Å². The van der Waals surface area contributed by atoms with Crippen LogP contribution in [0.4, 0.5) is 0 Å². The Labute approximate surface area is 86.5 Å². The van der Waals surface area contributed by atoms with Crippen LogP contribution in [-0.2, 0) is 4.79 Å². The zero-order valence-electron chi connectivity index (χ0n) is 8.30. The van der Waals surface area contributed by atoms with Gasteiger partial charge in [-0.05, 0) is 17.7 Å². The number of aromatic nitrogens is 1. The van der Waals surface area contributed by atoms with Crippen LogP contribution in [0.5, 0.6) is 0 Å². The maximum Gasteiger partial charge on any atom is 0.192 e. The van der Waals surface area contributed by atoms with E-state index in [1.165, 1.54) is 0 Å². The number of oxazole rings is 1. The molecule has 1 aromatic carbocycles. The van der Waals surface area contributed by atoms with Crippen molar-refractivity contribution in [3.63, 3.8) is 0 Å². The van der Waals surface area contributed by atoms with Crippen molar-refractivity contribution in [3.8, 4) is 0 Å². The molecule has 0 aliphatic carbocycles. The number of hydrogen-bond donors (Lipinski definition) is 1. The molecule has 0 fully saturated rings. The summed E-state index contributed by atoms with van der Waals surface area (Å²) < 4.78 is 5.30. The lowest BCUT2D eigenvalue weighted by Gasteiger charge is -2.05. The van der Waals surface area contributed by atoms with Crippen molar-refractivity contribution >= 4 is 17.4 Å². The molecule has 4 heteroatoms. The Kier molecular flexibility index (Phi) is 2.51. The van der Waals surface area contributed by atoms with Crippen molar-refractivity contribution in [1.29, 1.82) is 0 Å². The van der Waals surface area contributed by atoms with E-state index in [0.29, 0.717) is 28.8 Å². The summed E-state index contributed by atoms with van der Waals surface area (Å²) in [5.74, 6) is 0.590. The molecular weight excluding hydrogens is 194 g/mol. The fourth-order valence-electron chi connectivity index (χ4n) is 1.49. The van der Waals surface area contributed by atoms with Gasteiger partial charge in [0.25, 0.3) is 0 Å². The SMILES string of the molecule is Cc1nc2cc([C@@H](O)CC=O)ccc2o1. The molecule has 0 amide bonds. The molecule has 1 N–H and O–H groups in total. The van der Waals surface area contributed by atoms with Crippen molar-refractivity contribution in [2.24, 2.45) is 0 Å². The smallest absolute Gasteiger partial charge is 0.192 e. The largest absolute Gasteiger partial charge is 0.441 e. The van der Waals surface area contributed by atoms with Crippen molar-refractivity contribution in [2.75, 3.05) is 0 Å². The van der Waals surface area contributed by atoms with Gasteiger partial charge in [-0.3, -0.25) is 0 Å². The molecule has 78 valence electrons. The van der Waals surface area contributed by atoms with Crippen LogP contribution >= 0.6 is 0 Å². The van der Waals surface area contributed by atoms with Gasteiger partial charge in [-0.15, -0.1) is 0 Å². The molecule has 1 heterocycles. The number of rotatable bonds is 3. The molecule has 1 aromatic heterocycles. The Hall–Kier alpha value is -1.68. The number of carbonyl (C=O) groups excluding carboxylic acids is 1. The summed E-state index contributed by atoms with van der Waals surface area (Å²) in [6.45, 7) is 1.77. The van der Waals surface area contributed by atoms with Crippen LogP contribution in [0.1, 0.15) is 24.0 Å². The third-order valence-electron chi connectivity index (χ3n) is 2.22. The lowest BCUT2D eigenvalue weighted by atomic mass is 10.1. The van der Waals surface area contributed by atoms with Gasteiger partial charge in [0.15, 0.2) is 11.5 Å². The Bertz CT molecular complexity index is 490. The molecule has 4 nitrogen and oxygen atoms in total. The number of aryl methyl sites for hydroxylation is 1. The summed E-state index contributed by atoms with van der Waals surface area (Å²) in [7, 11) is 0. The number of benzene rings is 1. The Morgan fingerprint density at radius 2 is 2.40 bits per heavy atom. The normalized spacial score (nSPS) is 12.9. The van der Waals surface area contributed by atoms with E-state index in [4.69, 9.17) is 4.42 Å². The predicted molar refractivity (Wildman–Crippen MR) is 54.4 cm³/mol. The van der Waals surface area contributed by atoms with Crippen molar-refractivity contribution in [3.05, 3.63) is 29.7 Å². The summed E-state index contributed by atoms with van der Waals surface area (Å²) >= 11 is 0. The van der Waals surface area contributed by atoms with E-state index in [-0.39, 0.29) is 6.42 Å². The molecule has 15 heavy (non-hydrogen) atoms. The van der Waals surface area contributed by atoms with Gasteiger partial charge in [0.1, 0.15) is 11.8 Å². The Morgan fingerprint density at radius 3 is 3.13 bits per heavy atom. The fraction of sp³-hybridized carbons (Fsp3) is 0.273. The quantitative estimate of drug-likeness (QED) is 0.775. The summed E-state index contributed by atoms with van der Waals surface area (Å²) in [6.07, 6.45) is 0.0366. The van der Waals surface area contributed by atoms with Crippen LogP contribution in [0.25, 0.3) is 11.1 Å². The van der Waals surface area contributed by atoms with Crippen LogP contribution in [0, 0.1) is 6.92 Å². The van der Waals surface area contributed by atoms with Gasteiger partial charge in [0.2, 0.25) is 0 Å². The van der Waals surface area contributed by atoms with E-state index in [0.717, 1.165) is 0 Å². The maximum absolute atomic E-state index is 10.3. The summed E-state index contributed by atoms with van der Waals surface area (Å²) in [6, 6.07) is 5.22. The van der Waals surface area contributed by atoms with Crippen molar-refractivity contribution < 1.29 is 14.3 Å². The maximum atomic E-state index is 10.3. The number of aliphatic hydroxyl groups is 1. The summed E-state index contributed by atoms with van der Waals surface area (Å²) in [5.41, 5.74) is 2.08. The number of nitrogens with zero attached hydrogens (tertiary/aromatic N) is 1. The van der Waals surface area contributed by atoms with Gasteiger partial charge in [-0.25, -0.2) is 4.98 Å². The van der Waals surface area contributed by atoms with Gasteiger partial charge in [-0.2, -0.15) is 0 Å². The highest BCUT2D eigenvalue weighted by Gasteiger charge is 2.09. The molecule has 0 spiro atoms. The number of carbonyl (C=O) groups is 1. The second-order valence-electron chi connectivity index (χ2n) is 3.38. The van der Waals surface area contributed by atoms with Crippen molar-refractivity contribution in [2.45, 2.75) is 19.4 Å². The van der Waals surface area contributed by atoms with E-state index in [2.05, 4.69) is 4.98 Å². The van der Waals surface area contributed by atoms with E-state index < -0.39 is 6.10 Å². The zero-order valence-corrected chi connectivity index (χ0v) is 8.30. The number of aliphatic hydroxyl groups excluding tert-OH is 1. The fourth-order valence-corrected chi connectivity index (χ4v) is 1.49. The lowest BCUT2D eigenvalue weighted by Crippen LogP contribution is -1.97. The first kappa shape index (κ1) is 9.86. The molecule has 2 rings (SSSR count). The molecule has 0 radical (unpaired) electrons. The first-order valence-corrected chi connectivity index (χ1v) is 4.69. The minimum absolute atomic E-state index is 0.0995. The molecule has 0 saturated heterocycles. The minimum atomic E-state index is -0.760. The van der Waals surface area contributed by atoms with Gasteiger partial charge in [-0.1, -0.05) is 6.07 Å². The van der Waals surface area contributed by atoms with E-state index >= 15 is 0 Å². The van der Waals surface area contributed by atoms with Crippen LogP contribution in [0.2, 0.25) is 0 Å². The predicted octanol–water partition coefficient (Wildman–Crippen LogP) is 1.76. The van der Waals surface area contributed by atoms with Crippen LogP contribution < -0.4 is 0 Å². The topological polar surface area (TPSA) is 63.3 Å². The number of hydrogen-bond acceptors (Lipinski definition) is 4. The van der Waals surface area contributed by atoms with Crippen LogP contribution in [0.3, 0.4) is 0 Å². The van der Waals surface area contributed by atoms with E-state index in [1.54, 1.807) is 25.1 Å². The molecule has 1 atom stereocenters. The monoisotopic (exact) mass is 205 g/mol. The Morgan fingerprint density at radius 1 is 1.60 bits per heavy atom. The van der Waals surface area contributed by atoms with Gasteiger partial charge < -0.3 is 14.3 Å². The lowest BCUT2D eigenvalue weighted by molar-refractivity contribution is -0.109. The van der Waals surface area contributed by atoms with Crippen LogP contribution in [0.15, 0.2) is 22.6 Å². The highest BCUT2D eigenvalue weighted by molar-refractivity contribution is 5.73. The molecule has 0 aliphatic heterocycles. The minimum Gasteiger partial charge on any atom is -0.441 e. The zero-order chi connectivity index (χ0) is 10.8. The average Bonchev–Trinajstić information content (AvgIpc) is 2.57. The second-order valence-corrected chi connectivity index (χ2v) is 3.38. The van der Waals surface area contributed by atoms with Gasteiger partial charge >= 0.3 is 0 Å². The first-order valence-electron chi connectivity index (χ1n) is 4.69. The third kappa shape index (κ3) is 1.89. The first-order chi connectivity index (χ1) is 7.20. The highest BCUT2D eigenvalue weighted by Crippen LogP contribution is 2.22. The second kappa shape index (κ2) is 3.82. The summed E-state index contributed by atoms with van der Waals surface area (Å²) in [5, 5.41) is 9.60. The average molecular weight is 205 g/mol. The highest BCUT2D eigenvalue weighted by atomic mass is 16.3. The van der Waals surface area contributed by atoms with Crippen molar-refractivity contribution in [1.82, 2.24) is 4.98 Å². The molecule has 0 saturated carbocycles. The molecule has 0 aliphatic rings. The number of fused-ring (bicyclic) bond motifs is 1. The number of aldehydes is 1. The standard InChI is InChI=1S/C11H11NO3/c1-7-12-9-6-8(10(14)4-5-13)2-3-11(9)15-7/h2-3,5-6,10,14H,4H2,1H3/t10-/m0/s1. The van der Waals surface area contributed by atoms with Crippen LogP contribution in [-0.4, -0.2) is 16.4 Å². The molecule has 2 aromatic rings. The molecule has 0 bridgehead atoms. The summed E-state index contributed by atoms with van der Waals surface area (Å²) in [4.78, 5) is 14.4. The van der Waals surface area contributed by atoms with E-state index in [9.17, 15) is 9.90 Å². The third-order valence-corrected chi connectivity index (χ3v) is 2.22. The van der Waals surface area contributed by atoms with E-state index in [1.807, 2.05) is 0 Å². The Balaban J connectivity index is 2.41. The molecular formula is C11H11NO3. The molecule has 0 unspecified atom stereocenters.